The van der Waals surface area contributed by atoms with Crippen molar-refractivity contribution in [2.75, 3.05) is 5.32 Å². The van der Waals surface area contributed by atoms with E-state index in [-0.39, 0.29) is 5.91 Å². The standard InChI is InChI=1S/C11H12Cl3NO/c1-11(2,3)10(16)15-9-7(13)4-6(12)5-8(9)14/h4-5H,1-3H3,(H,15,16). The predicted octanol–water partition coefficient (Wildman–Crippen LogP) is 4.63. The van der Waals surface area contributed by atoms with Crippen LogP contribution in [-0.4, -0.2) is 5.91 Å². The third kappa shape index (κ3) is 3.27. The zero-order valence-electron chi connectivity index (χ0n) is 9.20. The van der Waals surface area contributed by atoms with Crippen LogP contribution >= 0.6 is 34.8 Å². The zero-order valence-corrected chi connectivity index (χ0v) is 11.5. The Balaban J connectivity index is 3.03. The minimum absolute atomic E-state index is 0.154. The molecule has 0 radical (unpaired) electrons. The fourth-order valence-corrected chi connectivity index (χ4v) is 1.87. The van der Waals surface area contributed by atoms with E-state index in [2.05, 4.69) is 5.32 Å². The lowest BCUT2D eigenvalue weighted by atomic mass is 9.95. The van der Waals surface area contributed by atoms with Crippen molar-refractivity contribution in [2.24, 2.45) is 5.41 Å². The largest absolute Gasteiger partial charge is 0.323 e. The van der Waals surface area contributed by atoms with Gasteiger partial charge in [-0.15, -0.1) is 0 Å². The van der Waals surface area contributed by atoms with E-state index in [0.29, 0.717) is 20.8 Å². The van der Waals surface area contributed by atoms with Crippen LogP contribution in [0.2, 0.25) is 15.1 Å². The summed E-state index contributed by atoms with van der Waals surface area (Å²) in [7, 11) is 0. The summed E-state index contributed by atoms with van der Waals surface area (Å²) in [5, 5.41) is 3.78. The van der Waals surface area contributed by atoms with E-state index in [1.165, 1.54) is 12.1 Å². The van der Waals surface area contributed by atoms with Gasteiger partial charge in [0, 0.05) is 10.4 Å². The van der Waals surface area contributed by atoms with Gasteiger partial charge < -0.3 is 5.32 Å². The SMILES string of the molecule is CC(C)(C)C(=O)Nc1c(Cl)cc(Cl)cc1Cl. The summed E-state index contributed by atoms with van der Waals surface area (Å²) >= 11 is 17.7. The normalized spacial score (nSPS) is 11.4. The number of amides is 1. The van der Waals surface area contributed by atoms with Crippen molar-refractivity contribution >= 4 is 46.4 Å². The van der Waals surface area contributed by atoms with Gasteiger partial charge in [-0.3, -0.25) is 4.79 Å². The second-order valence-corrected chi connectivity index (χ2v) is 5.70. The van der Waals surface area contributed by atoms with Crippen molar-refractivity contribution in [3.8, 4) is 0 Å². The van der Waals surface area contributed by atoms with Crippen LogP contribution in [0.25, 0.3) is 0 Å². The molecule has 0 bridgehead atoms. The number of halogens is 3. The zero-order chi connectivity index (χ0) is 12.5. The second kappa shape index (κ2) is 4.82. The smallest absolute Gasteiger partial charge is 0.229 e. The van der Waals surface area contributed by atoms with Crippen molar-refractivity contribution in [1.82, 2.24) is 0 Å². The monoisotopic (exact) mass is 279 g/mol. The Morgan fingerprint density at radius 1 is 1.12 bits per heavy atom. The highest BCUT2D eigenvalue weighted by molar-refractivity contribution is 6.42. The summed E-state index contributed by atoms with van der Waals surface area (Å²) in [5.41, 5.74) is -0.112. The third-order valence-electron chi connectivity index (χ3n) is 1.93. The Kier molecular flexibility index (Phi) is 4.11. The molecule has 0 aliphatic rings. The van der Waals surface area contributed by atoms with Crippen LogP contribution in [0.1, 0.15) is 20.8 Å². The number of carbonyl (C=O) groups is 1. The van der Waals surface area contributed by atoms with E-state index in [1.807, 2.05) is 0 Å². The molecule has 1 aromatic carbocycles. The van der Waals surface area contributed by atoms with Crippen LogP contribution in [0.5, 0.6) is 0 Å². The topological polar surface area (TPSA) is 29.1 Å². The maximum atomic E-state index is 11.8. The van der Waals surface area contributed by atoms with Crippen molar-refractivity contribution in [2.45, 2.75) is 20.8 Å². The Labute approximate surface area is 110 Å². The van der Waals surface area contributed by atoms with Gasteiger partial charge in [-0.1, -0.05) is 55.6 Å². The average Bonchev–Trinajstić information content (AvgIpc) is 2.08. The van der Waals surface area contributed by atoms with E-state index in [0.717, 1.165) is 0 Å². The van der Waals surface area contributed by atoms with E-state index in [1.54, 1.807) is 20.8 Å². The highest BCUT2D eigenvalue weighted by Gasteiger charge is 2.23. The summed E-state index contributed by atoms with van der Waals surface area (Å²) in [4.78, 5) is 11.8. The Morgan fingerprint density at radius 3 is 1.94 bits per heavy atom. The molecule has 1 rings (SSSR count). The number of rotatable bonds is 1. The fourth-order valence-electron chi connectivity index (χ4n) is 0.963. The van der Waals surface area contributed by atoms with E-state index >= 15 is 0 Å². The molecule has 0 aromatic heterocycles. The fraction of sp³-hybridized carbons (Fsp3) is 0.364. The second-order valence-electron chi connectivity index (χ2n) is 4.45. The molecule has 16 heavy (non-hydrogen) atoms. The van der Waals surface area contributed by atoms with Crippen LogP contribution in [-0.2, 0) is 4.79 Å². The van der Waals surface area contributed by atoms with E-state index in [4.69, 9.17) is 34.8 Å². The Bertz CT molecular complexity index is 401. The summed E-state index contributed by atoms with van der Waals surface area (Å²) in [6.45, 7) is 5.42. The van der Waals surface area contributed by atoms with Crippen LogP contribution in [0.3, 0.4) is 0 Å². The Morgan fingerprint density at radius 2 is 1.56 bits per heavy atom. The highest BCUT2D eigenvalue weighted by Crippen LogP contribution is 2.34. The van der Waals surface area contributed by atoms with Crippen molar-refractivity contribution in [3.05, 3.63) is 27.2 Å². The third-order valence-corrected chi connectivity index (χ3v) is 2.74. The van der Waals surface area contributed by atoms with E-state index < -0.39 is 5.41 Å². The van der Waals surface area contributed by atoms with Gasteiger partial charge in [-0.05, 0) is 12.1 Å². The quantitative estimate of drug-likeness (QED) is 0.798. The maximum absolute atomic E-state index is 11.8. The Hall–Kier alpha value is -0.440. The van der Waals surface area contributed by atoms with Gasteiger partial charge in [0.25, 0.3) is 0 Å². The maximum Gasteiger partial charge on any atom is 0.229 e. The van der Waals surface area contributed by atoms with Gasteiger partial charge in [0.2, 0.25) is 5.91 Å². The molecule has 0 saturated heterocycles. The number of hydrogen-bond acceptors (Lipinski definition) is 1. The van der Waals surface area contributed by atoms with Crippen LogP contribution in [0, 0.1) is 5.41 Å². The minimum atomic E-state index is -0.508. The summed E-state index contributed by atoms with van der Waals surface area (Å²) in [6, 6.07) is 3.07. The molecule has 5 heteroatoms. The van der Waals surface area contributed by atoms with Gasteiger partial charge in [0.05, 0.1) is 15.7 Å². The molecular formula is C11H12Cl3NO. The lowest BCUT2D eigenvalue weighted by molar-refractivity contribution is -0.123. The number of nitrogens with one attached hydrogen (secondary N) is 1. The number of anilines is 1. The van der Waals surface area contributed by atoms with Crippen molar-refractivity contribution in [3.63, 3.8) is 0 Å². The molecule has 2 nitrogen and oxygen atoms in total. The highest BCUT2D eigenvalue weighted by atomic mass is 35.5. The number of benzene rings is 1. The van der Waals surface area contributed by atoms with Crippen LogP contribution in [0.15, 0.2) is 12.1 Å². The van der Waals surface area contributed by atoms with Crippen molar-refractivity contribution in [1.29, 1.82) is 0 Å². The van der Waals surface area contributed by atoms with Gasteiger partial charge in [-0.25, -0.2) is 0 Å². The van der Waals surface area contributed by atoms with Gasteiger partial charge >= 0.3 is 0 Å². The molecule has 0 aliphatic carbocycles. The summed E-state index contributed by atoms with van der Waals surface area (Å²) in [5.74, 6) is -0.154. The van der Waals surface area contributed by atoms with Gasteiger partial charge in [0.15, 0.2) is 0 Å². The summed E-state index contributed by atoms with van der Waals surface area (Å²) in [6.07, 6.45) is 0. The first-order chi connectivity index (χ1) is 7.21. The van der Waals surface area contributed by atoms with Crippen molar-refractivity contribution < 1.29 is 4.79 Å². The molecule has 1 N–H and O–H groups in total. The molecule has 0 aliphatic heterocycles. The molecule has 0 heterocycles. The lowest BCUT2D eigenvalue weighted by Gasteiger charge is -2.19. The molecule has 0 unspecified atom stereocenters. The number of hydrogen-bond donors (Lipinski definition) is 1. The molecule has 0 atom stereocenters. The van der Waals surface area contributed by atoms with E-state index in [9.17, 15) is 4.79 Å². The molecule has 88 valence electrons. The predicted molar refractivity (Wildman–Crippen MR) is 69.6 cm³/mol. The summed E-state index contributed by atoms with van der Waals surface area (Å²) < 4.78 is 0. The number of carbonyl (C=O) groups excluding carboxylic acids is 1. The molecule has 1 aromatic rings. The first-order valence-corrected chi connectivity index (χ1v) is 5.81. The van der Waals surface area contributed by atoms with Gasteiger partial charge in [-0.2, -0.15) is 0 Å². The molecular weight excluding hydrogens is 268 g/mol. The molecule has 1 amide bonds. The van der Waals surface area contributed by atoms with Crippen LogP contribution in [0.4, 0.5) is 5.69 Å². The first kappa shape index (κ1) is 13.6. The first-order valence-electron chi connectivity index (χ1n) is 4.68. The average molecular weight is 281 g/mol. The minimum Gasteiger partial charge on any atom is -0.323 e. The van der Waals surface area contributed by atoms with Gasteiger partial charge in [0.1, 0.15) is 0 Å². The van der Waals surface area contributed by atoms with Crippen LogP contribution < -0.4 is 5.32 Å². The molecule has 0 fully saturated rings. The molecule has 0 spiro atoms. The molecule has 0 saturated carbocycles. The lowest BCUT2D eigenvalue weighted by Crippen LogP contribution is -2.27.